The Kier molecular flexibility index (Phi) is 7.07. The highest BCUT2D eigenvalue weighted by Crippen LogP contribution is 2.29. The first kappa shape index (κ1) is 22.5. The molecule has 8 heteroatoms. The molecule has 1 unspecified atom stereocenters. The summed E-state index contributed by atoms with van der Waals surface area (Å²) < 4.78 is 0. The van der Waals surface area contributed by atoms with E-state index in [-0.39, 0.29) is 5.91 Å². The molecule has 2 N–H and O–H groups in total. The number of nitrogens with one attached hydrogen (secondary N) is 2. The second-order valence-electron chi connectivity index (χ2n) is 7.35. The number of carbonyl (C=O) groups is 3. The topological polar surface area (TPSA) is 90.9 Å². The highest BCUT2D eigenvalue weighted by Gasteiger charge is 2.32. The lowest BCUT2D eigenvalue weighted by Crippen LogP contribution is -2.52. The summed E-state index contributed by atoms with van der Waals surface area (Å²) in [6, 6.07) is 13.8. The van der Waals surface area contributed by atoms with Crippen LogP contribution in [-0.2, 0) is 14.4 Å². The SMILES string of the molecule is CCCC(=O)N[C@@H](C)C(=O)NC1N=C(c2ccccc2)c2cc(Cl)ccc2N(C)C1=O. The number of amides is 3. The normalized spacial score (nSPS) is 16.6. The molecule has 0 saturated carbocycles. The van der Waals surface area contributed by atoms with Crippen LogP contribution in [0.15, 0.2) is 53.5 Å². The highest BCUT2D eigenvalue weighted by molar-refractivity contribution is 6.32. The van der Waals surface area contributed by atoms with Gasteiger partial charge in [0.2, 0.25) is 18.0 Å². The maximum absolute atomic E-state index is 13.1. The summed E-state index contributed by atoms with van der Waals surface area (Å²) in [5.74, 6) is -1.10. The Morgan fingerprint density at radius 2 is 1.90 bits per heavy atom. The number of rotatable bonds is 6. The van der Waals surface area contributed by atoms with E-state index in [1.54, 1.807) is 32.2 Å². The van der Waals surface area contributed by atoms with Crippen molar-refractivity contribution in [1.29, 1.82) is 0 Å². The van der Waals surface area contributed by atoms with Gasteiger partial charge in [0, 0.05) is 29.6 Å². The highest BCUT2D eigenvalue weighted by atomic mass is 35.5. The van der Waals surface area contributed by atoms with Gasteiger partial charge in [-0.25, -0.2) is 4.99 Å². The molecule has 1 aliphatic heterocycles. The fraction of sp³-hybridized carbons (Fsp3) is 0.304. The summed E-state index contributed by atoms with van der Waals surface area (Å²) in [7, 11) is 1.63. The number of hydrogen-bond donors (Lipinski definition) is 2. The molecule has 0 radical (unpaired) electrons. The van der Waals surface area contributed by atoms with Crippen LogP contribution in [0.2, 0.25) is 5.02 Å². The smallest absolute Gasteiger partial charge is 0.272 e. The van der Waals surface area contributed by atoms with Gasteiger partial charge in [-0.3, -0.25) is 14.4 Å². The number of nitrogens with zero attached hydrogens (tertiary/aromatic N) is 2. The Bertz CT molecular complexity index is 1020. The molecule has 0 saturated heterocycles. The fourth-order valence-corrected chi connectivity index (χ4v) is 3.50. The quantitative estimate of drug-likeness (QED) is 0.723. The number of fused-ring (bicyclic) bond motifs is 1. The van der Waals surface area contributed by atoms with Crippen molar-refractivity contribution in [2.75, 3.05) is 11.9 Å². The van der Waals surface area contributed by atoms with Gasteiger partial charge in [0.15, 0.2) is 0 Å². The fourth-order valence-electron chi connectivity index (χ4n) is 3.33. The number of benzodiazepines with no additional fused rings is 1. The lowest BCUT2D eigenvalue weighted by molar-refractivity contribution is -0.130. The van der Waals surface area contributed by atoms with E-state index >= 15 is 0 Å². The molecule has 3 rings (SSSR count). The van der Waals surface area contributed by atoms with E-state index in [2.05, 4.69) is 15.6 Å². The van der Waals surface area contributed by atoms with Crippen LogP contribution in [0.5, 0.6) is 0 Å². The molecule has 0 bridgehead atoms. The van der Waals surface area contributed by atoms with Crippen molar-refractivity contribution in [2.45, 2.75) is 38.9 Å². The Hall–Kier alpha value is -3.19. The van der Waals surface area contributed by atoms with Crippen molar-refractivity contribution >= 4 is 40.7 Å². The zero-order valence-corrected chi connectivity index (χ0v) is 18.4. The zero-order chi connectivity index (χ0) is 22.5. The Morgan fingerprint density at radius 1 is 1.19 bits per heavy atom. The average molecular weight is 441 g/mol. The van der Waals surface area contributed by atoms with Crippen LogP contribution in [-0.4, -0.2) is 42.7 Å². The molecule has 2 aromatic rings. The van der Waals surface area contributed by atoms with E-state index in [4.69, 9.17) is 11.6 Å². The molecule has 2 atom stereocenters. The molecule has 3 amide bonds. The van der Waals surface area contributed by atoms with Gasteiger partial charge in [0.1, 0.15) is 6.04 Å². The van der Waals surface area contributed by atoms with E-state index in [9.17, 15) is 14.4 Å². The number of halogens is 1. The Labute approximate surface area is 186 Å². The summed E-state index contributed by atoms with van der Waals surface area (Å²) in [6.07, 6.45) is -0.142. The van der Waals surface area contributed by atoms with Gasteiger partial charge >= 0.3 is 0 Å². The second kappa shape index (κ2) is 9.75. The maximum atomic E-state index is 13.1. The van der Waals surface area contributed by atoms with Crippen LogP contribution >= 0.6 is 11.6 Å². The molecule has 1 aliphatic rings. The largest absolute Gasteiger partial charge is 0.345 e. The number of carbonyl (C=O) groups excluding carboxylic acids is 3. The van der Waals surface area contributed by atoms with Crippen molar-refractivity contribution in [2.24, 2.45) is 4.99 Å². The molecule has 0 fully saturated rings. The average Bonchev–Trinajstić information content (AvgIpc) is 2.84. The van der Waals surface area contributed by atoms with Crippen LogP contribution in [0.3, 0.4) is 0 Å². The molecule has 0 spiro atoms. The summed E-state index contributed by atoms with van der Waals surface area (Å²) in [4.78, 5) is 43.7. The minimum atomic E-state index is -1.15. The van der Waals surface area contributed by atoms with Gasteiger partial charge in [-0.1, -0.05) is 48.9 Å². The summed E-state index contributed by atoms with van der Waals surface area (Å²) in [5.41, 5.74) is 2.66. The van der Waals surface area contributed by atoms with Gasteiger partial charge < -0.3 is 15.5 Å². The van der Waals surface area contributed by atoms with Gasteiger partial charge in [0.05, 0.1) is 11.4 Å². The van der Waals surface area contributed by atoms with Gasteiger partial charge in [0.25, 0.3) is 5.91 Å². The predicted octanol–water partition coefficient (Wildman–Crippen LogP) is 2.90. The van der Waals surface area contributed by atoms with Crippen molar-refractivity contribution in [1.82, 2.24) is 10.6 Å². The van der Waals surface area contributed by atoms with Crippen molar-refractivity contribution in [3.8, 4) is 0 Å². The first-order valence-corrected chi connectivity index (χ1v) is 10.5. The Morgan fingerprint density at radius 3 is 2.58 bits per heavy atom. The summed E-state index contributed by atoms with van der Waals surface area (Å²) in [6.45, 7) is 3.46. The third kappa shape index (κ3) is 5.11. The van der Waals surface area contributed by atoms with E-state index in [1.807, 2.05) is 37.3 Å². The molecule has 0 aromatic heterocycles. The van der Waals surface area contributed by atoms with E-state index in [0.717, 1.165) is 5.56 Å². The monoisotopic (exact) mass is 440 g/mol. The van der Waals surface area contributed by atoms with Crippen LogP contribution in [0, 0.1) is 0 Å². The first-order valence-electron chi connectivity index (χ1n) is 10.1. The number of anilines is 1. The molecule has 162 valence electrons. The van der Waals surface area contributed by atoms with Crippen LogP contribution in [0.25, 0.3) is 0 Å². The number of hydrogen-bond acceptors (Lipinski definition) is 4. The second-order valence-corrected chi connectivity index (χ2v) is 7.79. The zero-order valence-electron chi connectivity index (χ0n) is 17.7. The van der Waals surface area contributed by atoms with Crippen molar-refractivity contribution < 1.29 is 14.4 Å². The van der Waals surface area contributed by atoms with Crippen LogP contribution in [0.1, 0.15) is 37.8 Å². The minimum absolute atomic E-state index is 0.218. The van der Waals surface area contributed by atoms with E-state index in [1.165, 1.54) is 4.90 Å². The van der Waals surface area contributed by atoms with Crippen LogP contribution < -0.4 is 15.5 Å². The number of likely N-dealkylation sites (N-methyl/N-ethyl adjacent to an activating group) is 1. The Balaban J connectivity index is 1.97. The maximum Gasteiger partial charge on any atom is 0.272 e. The summed E-state index contributed by atoms with van der Waals surface area (Å²) >= 11 is 6.23. The van der Waals surface area contributed by atoms with Crippen molar-refractivity contribution in [3.63, 3.8) is 0 Å². The summed E-state index contributed by atoms with van der Waals surface area (Å²) in [5, 5.41) is 5.82. The molecule has 7 nitrogen and oxygen atoms in total. The predicted molar refractivity (Wildman–Crippen MR) is 121 cm³/mol. The third-order valence-electron chi connectivity index (χ3n) is 4.97. The standard InChI is InChI=1S/C23H25ClN4O3/c1-4-8-19(29)25-14(2)22(30)27-21-23(31)28(3)18-12-11-16(24)13-17(18)20(26-21)15-9-6-5-7-10-15/h5-7,9-14,21H,4,8H2,1-3H3,(H,25,29)(H,27,30)/t14-,21?/m0/s1. The number of aliphatic imine (C=N–C) groups is 1. The molecule has 0 aliphatic carbocycles. The first-order chi connectivity index (χ1) is 14.8. The lowest BCUT2D eigenvalue weighted by Gasteiger charge is -2.22. The van der Waals surface area contributed by atoms with E-state index < -0.39 is 24.0 Å². The molecular weight excluding hydrogens is 416 g/mol. The molecule has 1 heterocycles. The minimum Gasteiger partial charge on any atom is -0.345 e. The molecule has 31 heavy (non-hydrogen) atoms. The van der Waals surface area contributed by atoms with Crippen molar-refractivity contribution in [3.05, 3.63) is 64.7 Å². The molecular formula is C23H25ClN4O3. The van der Waals surface area contributed by atoms with Crippen LogP contribution in [0.4, 0.5) is 5.69 Å². The van der Waals surface area contributed by atoms with Gasteiger partial charge in [-0.2, -0.15) is 0 Å². The van der Waals surface area contributed by atoms with Gasteiger partial charge in [-0.15, -0.1) is 0 Å². The van der Waals surface area contributed by atoms with E-state index in [0.29, 0.717) is 34.8 Å². The third-order valence-corrected chi connectivity index (χ3v) is 5.21. The molecule has 2 aromatic carbocycles. The van der Waals surface area contributed by atoms with Gasteiger partial charge in [-0.05, 0) is 31.5 Å². The lowest BCUT2D eigenvalue weighted by atomic mass is 10.0. The number of benzene rings is 2.